The molecular weight excluding hydrogens is 342 g/mol. The molecular formula is C18H16ClN3OS. The van der Waals surface area contributed by atoms with Crippen molar-refractivity contribution >= 4 is 34.0 Å². The minimum Gasteiger partial charge on any atom is -0.304 e. The van der Waals surface area contributed by atoms with Crippen molar-refractivity contribution in [1.82, 2.24) is 10.3 Å². The lowest BCUT2D eigenvalue weighted by Crippen LogP contribution is -2.27. The third-order valence-electron chi connectivity index (χ3n) is 3.35. The van der Waals surface area contributed by atoms with Crippen LogP contribution in [0.2, 0.25) is 5.02 Å². The quantitative estimate of drug-likeness (QED) is 0.695. The highest BCUT2D eigenvalue weighted by Crippen LogP contribution is 2.25. The maximum absolute atomic E-state index is 12.0. The fourth-order valence-electron chi connectivity index (χ4n) is 2.16. The molecule has 0 aliphatic rings. The second-order valence-corrected chi connectivity index (χ2v) is 6.48. The highest BCUT2D eigenvalue weighted by molar-refractivity contribution is 7.14. The normalized spacial score (nSPS) is 10.5. The van der Waals surface area contributed by atoms with Gasteiger partial charge in [0.25, 0.3) is 0 Å². The zero-order valence-electron chi connectivity index (χ0n) is 12.8. The first kappa shape index (κ1) is 16.6. The number of hydrogen-bond acceptors (Lipinski definition) is 4. The lowest BCUT2D eigenvalue weighted by atomic mass is 10.2. The smallest absolute Gasteiger partial charge is 0.240 e. The molecule has 4 nitrogen and oxygen atoms in total. The first-order valence-corrected chi connectivity index (χ1v) is 8.72. The fourth-order valence-corrected chi connectivity index (χ4v) is 3.03. The van der Waals surface area contributed by atoms with Crippen molar-refractivity contribution in [1.29, 1.82) is 0 Å². The molecule has 0 fully saturated rings. The number of benzene rings is 2. The molecule has 0 aliphatic carbocycles. The van der Waals surface area contributed by atoms with E-state index in [0.717, 1.165) is 16.8 Å². The molecule has 0 aliphatic heterocycles. The molecule has 6 heteroatoms. The molecule has 0 saturated carbocycles. The number of aromatic nitrogens is 1. The first-order valence-electron chi connectivity index (χ1n) is 7.47. The molecule has 0 spiro atoms. The molecule has 0 bridgehead atoms. The third kappa shape index (κ3) is 4.64. The lowest BCUT2D eigenvalue weighted by Gasteiger charge is -2.04. The molecule has 1 amide bonds. The van der Waals surface area contributed by atoms with Crippen LogP contribution in [0.4, 0.5) is 5.13 Å². The summed E-state index contributed by atoms with van der Waals surface area (Å²) in [5.74, 6) is -0.108. The Morgan fingerprint density at radius 1 is 1.08 bits per heavy atom. The molecule has 24 heavy (non-hydrogen) atoms. The Hall–Kier alpha value is -2.21. The Labute approximate surface area is 149 Å². The van der Waals surface area contributed by atoms with E-state index in [9.17, 15) is 4.79 Å². The van der Waals surface area contributed by atoms with E-state index in [1.807, 2.05) is 60.0 Å². The molecule has 0 radical (unpaired) electrons. The van der Waals surface area contributed by atoms with Crippen LogP contribution in [0, 0.1) is 0 Å². The van der Waals surface area contributed by atoms with E-state index in [1.165, 1.54) is 11.3 Å². The second-order valence-electron chi connectivity index (χ2n) is 5.18. The summed E-state index contributed by atoms with van der Waals surface area (Å²) >= 11 is 7.29. The van der Waals surface area contributed by atoms with E-state index >= 15 is 0 Å². The highest BCUT2D eigenvalue weighted by Gasteiger charge is 2.08. The summed E-state index contributed by atoms with van der Waals surface area (Å²) in [7, 11) is 0. The van der Waals surface area contributed by atoms with E-state index in [1.54, 1.807) is 0 Å². The Bertz CT molecular complexity index is 803. The van der Waals surface area contributed by atoms with Crippen LogP contribution in [0.1, 0.15) is 5.56 Å². The van der Waals surface area contributed by atoms with Gasteiger partial charge in [0.2, 0.25) is 5.91 Å². The molecule has 0 atom stereocenters. The number of nitrogens with zero attached hydrogens (tertiary/aromatic N) is 1. The number of hydrogen-bond donors (Lipinski definition) is 2. The zero-order chi connectivity index (χ0) is 16.8. The van der Waals surface area contributed by atoms with Gasteiger partial charge in [0.05, 0.1) is 12.2 Å². The van der Waals surface area contributed by atoms with Gasteiger partial charge in [0, 0.05) is 22.5 Å². The van der Waals surface area contributed by atoms with E-state index in [0.29, 0.717) is 16.7 Å². The summed E-state index contributed by atoms with van der Waals surface area (Å²) in [6, 6.07) is 17.4. The minimum absolute atomic E-state index is 0.108. The minimum atomic E-state index is -0.108. The van der Waals surface area contributed by atoms with Gasteiger partial charge in [-0.1, -0.05) is 54.1 Å². The zero-order valence-corrected chi connectivity index (χ0v) is 14.4. The lowest BCUT2D eigenvalue weighted by molar-refractivity contribution is -0.115. The number of halogens is 1. The first-order chi connectivity index (χ1) is 11.7. The molecule has 122 valence electrons. The topological polar surface area (TPSA) is 54.0 Å². The molecule has 1 heterocycles. The predicted molar refractivity (Wildman–Crippen MR) is 99.3 cm³/mol. The number of thiazole rings is 1. The van der Waals surface area contributed by atoms with E-state index < -0.39 is 0 Å². The second kappa shape index (κ2) is 8.06. The molecule has 0 saturated heterocycles. The summed E-state index contributed by atoms with van der Waals surface area (Å²) in [5, 5.41) is 9.12. The molecule has 0 unspecified atom stereocenters. The van der Waals surface area contributed by atoms with Gasteiger partial charge in [0.1, 0.15) is 0 Å². The van der Waals surface area contributed by atoms with Gasteiger partial charge in [-0.3, -0.25) is 4.79 Å². The standard InChI is InChI=1S/C18H16ClN3OS/c19-15-8-6-14(7-9-15)16-12-24-18(21-16)22-17(23)11-20-10-13-4-2-1-3-5-13/h1-9,12,20H,10-11H2,(H,21,22,23). The van der Waals surface area contributed by atoms with Crippen LogP contribution >= 0.6 is 22.9 Å². The van der Waals surface area contributed by atoms with Gasteiger partial charge in [-0.15, -0.1) is 11.3 Å². The Balaban J connectivity index is 1.51. The van der Waals surface area contributed by atoms with Crippen LogP contribution in [-0.2, 0) is 11.3 Å². The largest absolute Gasteiger partial charge is 0.304 e. The van der Waals surface area contributed by atoms with Gasteiger partial charge in [-0.05, 0) is 17.7 Å². The number of amides is 1. The van der Waals surface area contributed by atoms with Crippen molar-refractivity contribution < 1.29 is 4.79 Å². The number of carbonyl (C=O) groups is 1. The van der Waals surface area contributed by atoms with Crippen molar-refractivity contribution in [3.63, 3.8) is 0 Å². The summed E-state index contributed by atoms with van der Waals surface area (Å²) in [6.07, 6.45) is 0. The molecule has 2 aromatic carbocycles. The van der Waals surface area contributed by atoms with E-state index in [-0.39, 0.29) is 12.5 Å². The van der Waals surface area contributed by atoms with Crippen molar-refractivity contribution in [2.75, 3.05) is 11.9 Å². The number of rotatable bonds is 6. The molecule has 1 aromatic heterocycles. The van der Waals surface area contributed by atoms with Gasteiger partial charge in [-0.25, -0.2) is 4.98 Å². The monoisotopic (exact) mass is 357 g/mol. The summed E-state index contributed by atoms with van der Waals surface area (Å²) in [6.45, 7) is 0.896. The van der Waals surface area contributed by atoms with Crippen LogP contribution in [0.25, 0.3) is 11.3 Å². The van der Waals surface area contributed by atoms with Crippen molar-refractivity contribution in [3.8, 4) is 11.3 Å². The van der Waals surface area contributed by atoms with Crippen molar-refractivity contribution in [3.05, 3.63) is 70.6 Å². The average molecular weight is 358 g/mol. The molecule has 3 aromatic rings. The van der Waals surface area contributed by atoms with Crippen molar-refractivity contribution in [2.45, 2.75) is 6.54 Å². The third-order valence-corrected chi connectivity index (χ3v) is 4.36. The predicted octanol–water partition coefficient (Wildman–Crippen LogP) is 4.19. The Morgan fingerprint density at radius 2 is 1.83 bits per heavy atom. The Morgan fingerprint density at radius 3 is 2.58 bits per heavy atom. The molecule has 3 rings (SSSR count). The van der Waals surface area contributed by atoms with Crippen LogP contribution < -0.4 is 10.6 Å². The maximum atomic E-state index is 12.0. The summed E-state index contributed by atoms with van der Waals surface area (Å²) in [4.78, 5) is 16.4. The summed E-state index contributed by atoms with van der Waals surface area (Å²) in [5.41, 5.74) is 2.94. The van der Waals surface area contributed by atoms with Crippen LogP contribution in [-0.4, -0.2) is 17.4 Å². The Kier molecular flexibility index (Phi) is 5.59. The van der Waals surface area contributed by atoms with Crippen molar-refractivity contribution in [2.24, 2.45) is 0 Å². The van der Waals surface area contributed by atoms with E-state index in [4.69, 9.17) is 11.6 Å². The van der Waals surface area contributed by atoms with Crippen LogP contribution in [0.3, 0.4) is 0 Å². The SMILES string of the molecule is O=C(CNCc1ccccc1)Nc1nc(-c2ccc(Cl)cc2)cs1. The fraction of sp³-hybridized carbons (Fsp3) is 0.111. The van der Waals surface area contributed by atoms with Gasteiger partial charge >= 0.3 is 0 Å². The van der Waals surface area contributed by atoms with Gasteiger partial charge in [-0.2, -0.15) is 0 Å². The molecule has 2 N–H and O–H groups in total. The summed E-state index contributed by atoms with van der Waals surface area (Å²) < 4.78 is 0. The number of carbonyl (C=O) groups excluding carboxylic acids is 1. The van der Waals surface area contributed by atoms with Gasteiger partial charge in [0.15, 0.2) is 5.13 Å². The van der Waals surface area contributed by atoms with Crippen LogP contribution in [0.15, 0.2) is 60.0 Å². The van der Waals surface area contributed by atoms with Gasteiger partial charge < -0.3 is 10.6 Å². The van der Waals surface area contributed by atoms with Crippen LogP contribution in [0.5, 0.6) is 0 Å². The average Bonchev–Trinajstić information content (AvgIpc) is 3.05. The number of nitrogens with one attached hydrogen (secondary N) is 2. The van der Waals surface area contributed by atoms with E-state index in [2.05, 4.69) is 15.6 Å². The maximum Gasteiger partial charge on any atom is 0.240 e. The highest BCUT2D eigenvalue weighted by atomic mass is 35.5. The number of anilines is 1.